The highest BCUT2D eigenvalue weighted by Gasteiger charge is 2.14. The van der Waals surface area contributed by atoms with Crippen molar-refractivity contribution in [2.24, 2.45) is 5.73 Å². The first-order chi connectivity index (χ1) is 12.9. The lowest BCUT2D eigenvalue weighted by atomic mass is 10.1. The van der Waals surface area contributed by atoms with Gasteiger partial charge in [-0.25, -0.2) is 4.39 Å². The molecule has 0 unspecified atom stereocenters. The van der Waals surface area contributed by atoms with Gasteiger partial charge in [0.15, 0.2) is 11.5 Å². The summed E-state index contributed by atoms with van der Waals surface area (Å²) in [5.74, 6) is -0.190. The quantitative estimate of drug-likeness (QED) is 0.723. The minimum absolute atomic E-state index is 0.00663. The molecule has 0 saturated carbocycles. The van der Waals surface area contributed by atoms with E-state index >= 15 is 0 Å². The Morgan fingerprint density at radius 3 is 2.33 bits per heavy atom. The molecule has 2 amide bonds. The highest BCUT2D eigenvalue weighted by atomic mass is 19.1. The lowest BCUT2D eigenvalue weighted by Gasteiger charge is -2.20. The van der Waals surface area contributed by atoms with E-state index in [1.54, 1.807) is 24.3 Å². The topological polar surface area (TPSA) is 81.9 Å². The van der Waals surface area contributed by atoms with Gasteiger partial charge in [-0.15, -0.1) is 0 Å². The van der Waals surface area contributed by atoms with Gasteiger partial charge < -0.3 is 20.1 Å². The van der Waals surface area contributed by atoms with Crippen LogP contribution in [-0.2, 0) is 9.59 Å². The van der Waals surface area contributed by atoms with Crippen molar-refractivity contribution in [2.75, 3.05) is 25.7 Å². The van der Waals surface area contributed by atoms with E-state index in [2.05, 4.69) is 0 Å². The molecule has 0 atom stereocenters. The van der Waals surface area contributed by atoms with Gasteiger partial charge in [0.2, 0.25) is 5.91 Å². The monoisotopic (exact) mass is 372 g/mol. The average Bonchev–Trinajstić information content (AvgIpc) is 2.67. The molecule has 2 N–H and O–H groups in total. The third kappa shape index (κ3) is 5.57. The molecule has 2 rings (SSSR count). The number of benzene rings is 2. The predicted octanol–water partition coefficient (Wildman–Crippen LogP) is 2.76. The minimum atomic E-state index is -0.529. The molecule has 2 aromatic rings. The van der Waals surface area contributed by atoms with E-state index in [9.17, 15) is 14.0 Å². The van der Waals surface area contributed by atoms with Crippen LogP contribution >= 0.6 is 0 Å². The fraction of sp³-hybridized carbons (Fsp3) is 0.200. The Balaban J connectivity index is 2.22. The molecule has 7 heteroatoms. The Kier molecular flexibility index (Phi) is 6.93. The van der Waals surface area contributed by atoms with Gasteiger partial charge in [0.25, 0.3) is 5.91 Å². The number of nitrogens with zero attached hydrogens (tertiary/aromatic N) is 1. The first kappa shape index (κ1) is 20.0. The second kappa shape index (κ2) is 9.38. The van der Waals surface area contributed by atoms with E-state index in [1.807, 2.05) is 0 Å². The Bertz CT molecular complexity index is 834. The molecule has 0 bridgehead atoms. The van der Waals surface area contributed by atoms with Crippen LogP contribution in [-0.4, -0.2) is 32.6 Å². The van der Waals surface area contributed by atoms with Crippen molar-refractivity contribution < 1.29 is 23.5 Å². The van der Waals surface area contributed by atoms with Crippen LogP contribution in [0.1, 0.15) is 12.0 Å². The second-order valence-electron chi connectivity index (χ2n) is 5.63. The van der Waals surface area contributed by atoms with Gasteiger partial charge in [0, 0.05) is 24.7 Å². The molecule has 0 radical (unpaired) electrons. The summed E-state index contributed by atoms with van der Waals surface area (Å²) in [5, 5.41) is 0. The number of hydrogen-bond donors (Lipinski definition) is 1. The number of anilines is 1. The molecule has 0 aliphatic rings. The lowest BCUT2D eigenvalue weighted by Crippen LogP contribution is -2.32. The molecule has 2 aromatic carbocycles. The fourth-order valence-corrected chi connectivity index (χ4v) is 2.42. The number of nitrogens with two attached hydrogens (primary N) is 1. The van der Waals surface area contributed by atoms with Crippen LogP contribution in [0.15, 0.2) is 48.5 Å². The van der Waals surface area contributed by atoms with Crippen molar-refractivity contribution in [3.63, 3.8) is 0 Å². The molecule has 0 saturated heterocycles. The number of carbonyl (C=O) groups excluding carboxylic acids is 2. The maximum Gasteiger partial charge on any atom is 0.251 e. The average molecular weight is 372 g/mol. The molecule has 0 aliphatic carbocycles. The zero-order valence-electron chi connectivity index (χ0n) is 15.1. The van der Waals surface area contributed by atoms with Crippen LogP contribution < -0.4 is 20.1 Å². The number of methoxy groups -OCH3 is 2. The molecule has 0 aliphatic heterocycles. The van der Waals surface area contributed by atoms with E-state index in [-0.39, 0.29) is 18.9 Å². The molecule has 6 nitrogen and oxygen atoms in total. The zero-order chi connectivity index (χ0) is 19.8. The summed E-state index contributed by atoms with van der Waals surface area (Å²) >= 11 is 0. The van der Waals surface area contributed by atoms with E-state index in [4.69, 9.17) is 15.2 Å². The third-order valence-electron chi connectivity index (χ3n) is 3.81. The van der Waals surface area contributed by atoms with Gasteiger partial charge in [-0.3, -0.25) is 9.59 Å². The molecule has 27 heavy (non-hydrogen) atoms. The van der Waals surface area contributed by atoms with Gasteiger partial charge >= 0.3 is 0 Å². The van der Waals surface area contributed by atoms with Gasteiger partial charge in [-0.2, -0.15) is 0 Å². The normalized spacial score (nSPS) is 10.6. The standard InChI is InChI=1S/C20H21FN2O4/c1-26-17-9-3-14(13-18(17)27-2)4-10-20(25)23(12-11-19(22)24)16-7-5-15(21)6-8-16/h3-10,13H,11-12H2,1-2H3,(H2,22,24)/b10-4+. The number of primary amides is 1. The molecular weight excluding hydrogens is 351 g/mol. The Morgan fingerprint density at radius 1 is 1.07 bits per heavy atom. The Morgan fingerprint density at radius 2 is 1.74 bits per heavy atom. The van der Waals surface area contributed by atoms with Crippen LogP contribution in [0.3, 0.4) is 0 Å². The molecule has 0 fully saturated rings. The zero-order valence-corrected chi connectivity index (χ0v) is 15.1. The number of hydrogen-bond acceptors (Lipinski definition) is 4. The van der Waals surface area contributed by atoms with Crippen LogP contribution in [0.25, 0.3) is 6.08 Å². The minimum Gasteiger partial charge on any atom is -0.493 e. The summed E-state index contributed by atoms with van der Waals surface area (Å²) < 4.78 is 23.6. The summed E-state index contributed by atoms with van der Waals surface area (Å²) in [6.45, 7) is 0.0933. The second-order valence-corrected chi connectivity index (χ2v) is 5.63. The first-order valence-corrected chi connectivity index (χ1v) is 8.20. The summed E-state index contributed by atoms with van der Waals surface area (Å²) in [6, 6.07) is 10.7. The number of carbonyl (C=O) groups is 2. The van der Waals surface area contributed by atoms with E-state index in [1.165, 1.54) is 49.5 Å². The van der Waals surface area contributed by atoms with Crippen molar-refractivity contribution in [3.8, 4) is 11.5 Å². The van der Waals surface area contributed by atoms with Crippen LogP contribution in [0.4, 0.5) is 10.1 Å². The molecular formula is C20H21FN2O4. The van der Waals surface area contributed by atoms with Gasteiger partial charge in [-0.1, -0.05) is 6.07 Å². The number of amides is 2. The van der Waals surface area contributed by atoms with Gasteiger partial charge in [-0.05, 0) is 48.0 Å². The molecule has 0 heterocycles. The largest absolute Gasteiger partial charge is 0.493 e. The molecule has 142 valence electrons. The summed E-state index contributed by atoms with van der Waals surface area (Å²) in [7, 11) is 3.06. The number of rotatable bonds is 8. The number of halogens is 1. The van der Waals surface area contributed by atoms with Crippen LogP contribution in [0.2, 0.25) is 0 Å². The first-order valence-electron chi connectivity index (χ1n) is 8.20. The van der Waals surface area contributed by atoms with E-state index in [0.717, 1.165) is 5.56 Å². The number of ether oxygens (including phenoxy) is 2. The highest BCUT2D eigenvalue weighted by Crippen LogP contribution is 2.28. The van der Waals surface area contributed by atoms with E-state index < -0.39 is 11.7 Å². The summed E-state index contributed by atoms with van der Waals surface area (Å²) in [5.41, 5.74) is 6.39. The van der Waals surface area contributed by atoms with Gasteiger partial charge in [0.05, 0.1) is 14.2 Å². The smallest absolute Gasteiger partial charge is 0.251 e. The maximum atomic E-state index is 13.2. The lowest BCUT2D eigenvalue weighted by molar-refractivity contribution is -0.118. The predicted molar refractivity (Wildman–Crippen MR) is 101 cm³/mol. The molecule has 0 spiro atoms. The maximum absolute atomic E-state index is 13.2. The summed E-state index contributed by atoms with van der Waals surface area (Å²) in [6.07, 6.45) is 2.98. The van der Waals surface area contributed by atoms with Crippen molar-refractivity contribution in [1.82, 2.24) is 0 Å². The van der Waals surface area contributed by atoms with Crippen LogP contribution in [0, 0.1) is 5.82 Å². The van der Waals surface area contributed by atoms with Crippen molar-refractivity contribution >= 4 is 23.6 Å². The SMILES string of the molecule is COc1ccc(/C=C/C(=O)N(CCC(N)=O)c2ccc(F)cc2)cc1OC. The summed E-state index contributed by atoms with van der Waals surface area (Å²) in [4.78, 5) is 25.1. The fourth-order valence-electron chi connectivity index (χ4n) is 2.42. The van der Waals surface area contributed by atoms with Gasteiger partial charge in [0.1, 0.15) is 5.82 Å². The van der Waals surface area contributed by atoms with Crippen LogP contribution in [0.5, 0.6) is 11.5 Å². The van der Waals surface area contributed by atoms with Crippen molar-refractivity contribution in [1.29, 1.82) is 0 Å². The third-order valence-corrected chi connectivity index (χ3v) is 3.81. The van der Waals surface area contributed by atoms with E-state index in [0.29, 0.717) is 17.2 Å². The Hall–Kier alpha value is -3.35. The van der Waals surface area contributed by atoms with Crippen molar-refractivity contribution in [2.45, 2.75) is 6.42 Å². The Labute approximate surface area is 157 Å². The van der Waals surface area contributed by atoms with Crippen molar-refractivity contribution in [3.05, 3.63) is 59.9 Å². The highest BCUT2D eigenvalue weighted by molar-refractivity contribution is 6.04. The molecule has 0 aromatic heterocycles.